The van der Waals surface area contributed by atoms with Crippen LogP contribution in [-0.2, 0) is 4.79 Å². The fraction of sp³-hybridized carbons (Fsp3) is 0.533. The molecule has 0 radical (unpaired) electrons. The molecule has 0 aromatic rings. The van der Waals surface area contributed by atoms with Crippen LogP contribution in [-0.4, -0.2) is 21.2 Å². The molecule has 1 aliphatic heterocycles. The summed E-state index contributed by atoms with van der Waals surface area (Å²) < 4.78 is 2.93. The van der Waals surface area contributed by atoms with Gasteiger partial charge in [0, 0.05) is 0 Å². The first-order valence-corrected chi connectivity index (χ1v) is 7.63. The van der Waals surface area contributed by atoms with Crippen LogP contribution >= 0.6 is 0 Å². The summed E-state index contributed by atoms with van der Waals surface area (Å²) in [6.07, 6.45) is 6.90. The topological polar surface area (TPSA) is 17.1 Å². The number of allylic oxidation sites excluding steroid dienone is 6. The molecule has 0 unspecified atom stereocenters. The van der Waals surface area contributed by atoms with Crippen molar-refractivity contribution in [3.63, 3.8) is 0 Å². The molecule has 2 heteroatoms. The van der Waals surface area contributed by atoms with Gasteiger partial charge in [0.25, 0.3) is 0 Å². The summed E-state index contributed by atoms with van der Waals surface area (Å²) in [6.45, 7) is 13.4. The first-order chi connectivity index (χ1) is 7.64. The third kappa shape index (κ3) is 3.97. The van der Waals surface area contributed by atoms with E-state index in [0.717, 1.165) is 11.9 Å². The summed E-state index contributed by atoms with van der Waals surface area (Å²) in [7, 11) is 0. The van der Waals surface area contributed by atoms with Gasteiger partial charge >= 0.3 is 111 Å². The van der Waals surface area contributed by atoms with Crippen molar-refractivity contribution in [3.8, 4) is 0 Å². The third-order valence-electron chi connectivity index (χ3n) is 2.55. The van der Waals surface area contributed by atoms with Crippen LogP contribution in [0.25, 0.3) is 0 Å². The normalized spacial score (nSPS) is 17.4. The molecule has 0 saturated carbocycles. The van der Waals surface area contributed by atoms with Crippen molar-refractivity contribution >= 4 is 21.2 Å². The van der Waals surface area contributed by atoms with Gasteiger partial charge in [-0.1, -0.05) is 0 Å². The summed E-state index contributed by atoms with van der Waals surface area (Å²) in [5.41, 5.74) is 1.42. The Balaban J connectivity index is 3.17. The van der Waals surface area contributed by atoms with Crippen LogP contribution < -0.4 is 0 Å². The van der Waals surface area contributed by atoms with Crippen molar-refractivity contribution in [1.82, 2.24) is 0 Å². The summed E-state index contributed by atoms with van der Waals surface area (Å²) in [4.78, 5) is 10.7. The molecule has 1 nitrogen and oxygen atoms in total. The van der Waals surface area contributed by atoms with Gasteiger partial charge < -0.3 is 0 Å². The number of rotatable bonds is 1. The number of carbonyl (C=O) groups is 1. The van der Waals surface area contributed by atoms with E-state index < -0.39 is 0 Å². The van der Waals surface area contributed by atoms with Gasteiger partial charge in [-0.2, -0.15) is 0 Å². The molecule has 0 N–H and O–H groups in total. The third-order valence-corrected chi connectivity index (χ3v) is 6.54. The second-order valence-corrected chi connectivity index (χ2v) is 8.70. The van der Waals surface area contributed by atoms with Gasteiger partial charge in [-0.25, -0.2) is 0 Å². The first kappa shape index (κ1) is 14.5. The molecular weight excluding hydrogens is 275 g/mol. The van der Waals surface area contributed by atoms with Crippen molar-refractivity contribution in [2.45, 2.75) is 41.5 Å². The summed E-state index contributed by atoms with van der Waals surface area (Å²) in [5.74, 6) is 0. The van der Waals surface area contributed by atoms with Crippen LogP contribution in [0.1, 0.15) is 41.5 Å². The van der Waals surface area contributed by atoms with E-state index in [-0.39, 0.29) is 10.8 Å². The number of aldehydes is 1. The zero-order chi connectivity index (χ0) is 13.3. The Kier molecular flexibility index (Phi) is 4.22. The van der Waals surface area contributed by atoms with E-state index in [1.807, 2.05) is 0 Å². The summed E-state index contributed by atoms with van der Waals surface area (Å²) in [6, 6.07) is 0. The molecule has 0 bridgehead atoms. The van der Waals surface area contributed by atoms with Crippen LogP contribution in [0.3, 0.4) is 0 Å². The Morgan fingerprint density at radius 2 is 1.35 bits per heavy atom. The number of hydrogen-bond acceptors (Lipinski definition) is 1. The van der Waals surface area contributed by atoms with Gasteiger partial charge in [0.2, 0.25) is 0 Å². The average Bonchev–Trinajstić information content (AvgIpc) is 2.15. The van der Waals surface area contributed by atoms with Gasteiger partial charge in [0.1, 0.15) is 0 Å². The van der Waals surface area contributed by atoms with E-state index in [1.54, 1.807) is 6.08 Å². The van der Waals surface area contributed by atoms with Crippen LogP contribution in [0, 0.1) is 10.8 Å². The zero-order valence-corrected chi connectivity index (χ0v) is 13.3. The molecule has 0 atom stereocenters. The van der Waals surface area contributed by atoms with E-state index >= 15 is 0 Å². The SMILES string of the molecule is CC(C)(C)C1=CC(=CC=O)C=C(C(C)(C)C)[Se]1. The molecule has 0 amide bonds. The summed E-state index contributed by atoms with van der Waals surface area (Å²) >= 11 is 0.400. The van der Waals surface area contributed by atoms with Crippen LogP contribution in [0.2, 0.25) is 0 Å². The Hall–Kier alpha value is -0.591. The predicted molar refractivity (Wildman–Crippen MR) is 75.0 cm³/mol. The molecule has 17 heavy (non-hydrogen) atoms. The van der Waals surface area contributed by atoms with Crippen molar-refractivity contribution in [2.24, 2.45) is 10.8 Å². The fourth-order valence-corrected chi connectivity index (χ4v) is 4.04. The van der Waals surface area contributed by atoms with Gasteiger partial charge in [0.05, 0.1) is 0 Å². The molecule has 0 aromatic heterocycles. The number of hydrogen-bond donors (Lipinski definition) is 0. The quantitative estimate of drug-likeness (QED) is 0.410. The average molecular weight is 297 g/mol. The van der Waals surface area contributed by atoms with Crippen molar-refractivity contribution in [1.29, 1.82) is 0 Å². The van der Waals surface area contributed by atoms with Gasteiger partial charge in [-0.15, -0.1) is 0 Å². The predicted octanol–water partition coefficient (Wildman–Crippen LogP) is 3.69. The molecule has 1 rings (SSSR count). The van der Waals surface area contributed by atoms with E-state index in [9.17, 15) is 4.79 Å². The van der Waals surface area contributed by atoms with Crippen molar-refractivity contribution in [3.05, 3.63) is 32.7 Å². The Bertz CT molecular complexity index is 366. The second kappa shape index (κ2) is 4.96. The molecular formula is C15H22OSe. The number of carbonyl (C=O) groups excluding carboxylic acids is 1. The van der Waals surface area contributed by atoms with Crippen LogP contribution in [0.5, 0.6) is 0 Å². The molecule has 1 aliphatic rings. The molecule has 0 aliphatic carbocycles. The Labute approximate surface area is 111 Å². The van der Waals surface area contributed by atoms with Gasteiger partial charge in [0.15, 0.2) is 0 Å². The van der Waals surface area contributed by atoms with E-state index in [0.29, 0.717) is 15.0 Å². The molecule has 0 saturated heterocycles. The zero-order valence-electron chi connectivity index (χ0n) is 11.6. The molecule has 0 spiro atoms. The first-order valence-electron chi connectivity index (χ1n) is 5.92. The van der Waals surface area contributed by atoms with Crippen molar-refractivity contribution in [2.75, 3.05) is 0 Å². The minimum absolute atomic E-state index is 0.187. The Morgan fingerprint density at radius 3 is 1.65 bits per heavy atom. The second-order valence-electron chi connectivity index (χ2n) is 6.42. The van der Waals surface area contributed by atoms with Gasteiger partial charge in [-0.3, -0.25) is 0 Å². The molecule has 1 heterocycles. The monoisotopic (exact) mass is 298 g/mol. The standard InChI is InChI=1S/C15H22OSe/c1-14(2,3)12-9-11(7-8-16)10-13(17-12)15(4,5)6/h7-10H,1-6H3. The minimum atomic E-state index is 0.187. The van der Waals surface area contributed by atoms with Gasteiger partial charge in [-0.05, 0) is 0 Å². The molecule has 94 valence electrons. The van der Waals surface area contributed by atoms with Crippen LogP contribution in [0.4, 0.5) is 0 Å². The Morgan fingerprint density at radius 1 is 0.941 bits per heavy atom. The van der Waals surface area contributed by atoms with E-state index in [4.69, 9.17) is 0 Å². The maximum absolute atomic E-state index is 10.7. The van der Waals surface area contributed by atoms with E-state index in [1.165, 1.54) is 8.94 Å². The summed E-state index contributed by atoms with van der Waals surface area (Å²) in [5, 5.41) is 0. The maximum atomic E-state index is 10.7. The van der Waals surface area contributed by atoms with Crippen LogP contribution in [0.15, 0.2) is 32.7 Å². The fourth-order valence-electron chi connectivity index (χ4n) is 1.44. The van der Waals surface area contributed by atoms with E-state index in [2.05, 4.69) is 53.7 Å². The molecule has 0 aromatic carbocycles. The van der Waals surface area contributed by atoms with Crippen molar-refractivity contribution < 1.29 is 4.79 Å². The molecule has 0 fully saturated rings.